The Morgan fingerprint density at radius 2 is 2.17 bits per heavy atom. The third-order valence-electron chi connectivity index (χ3n) is 4.28. The maximum absolute atomic E-state index is 12.4. The summed E-state index contributed by atoms with van der Waals surface area (Å²) in [5.41, 5.74) is -0.261. The van der Waals surface area contributed by atoms with E-state index in [1.54, 1.807) is 4.90 Å². The van der Waals surface area contributed by atoms with Crippen LogP contribution in [0, 0.1) is 5.92 Å². The molecule has 2 aliphatic rings. The molecule has 1 aliphatic carbocycles. The van der Waals surface area contributed by atoms with E-state index in [0.717, 1.165) is 31.9 Å². The summed E-state index contributed by atoms with van der Waals surface area (Å²) in [6, 6.07) is -0.196. The highest BCUT2D eigenvalue weighted by molar-refractivity contribution is 5.75. The Balaban J connectivity index is 1.53. The standard InChI is InChI=1S/C17H28N4O3/c1-17(2,3)19-16(22)21-9-4-5-13(21)15-18-14(20-24-15)8-10-23-11-12-6-7-12/h12-13H,4-11H2,1-3H3,(H,19,22). The highest BCUT2D eigenvalue weighted by Crippen LogP contribution is 2.31. The second-order valence-electron chi connectivity index (χ2n) is 7.85. The number of hydrogen-bond acceptors (Lipinski definition) is 5. The zero-order valence-electron chi connectivity index (χ0n) is 14.9. The maximum Gasteiger partial charge on any atom is 0.318 e. The van der Waals surface area contributed by atoms with Crippen LogP contribution in [0.3, 0.4) is 0 Å². The van der Waals surface area contributed by atoms with Gasteiger partial charge in [-0.25, -0.2) is 4.79 Å². The molecule has 1 aromatic heterocycles. The molecule has 1 atom stereocenters. The molecule has 1 unspecified atom stereocenters. The number of amides is 2. The summed E-state index contributed by atoms with van der Waals surface area (Å²) >= 11 is 0. The molecule has 2 amide bonds. The van der Waals surface area contributed by atoms with Crippen molar-refractivity contribution >= 4 is 6.03 Å². The molecule has 0 spiro atoms. The number of nitrogens with zero attached hydrogens (tertiary/aromatic N) is 3. The van der Waals surface area contributed by atoms with Gasteiger partial charge in [0, 0.05) is 25.1 Å². The number of urea groups is 1. The molecule has 134 valence electrons. The minimum atomic E-state index is -0.261. The lowest BCUT2D eigenvalue weighted by atomic mass is 10.1. The topological polar surface area (TPSA) is 80.5 Å². The van der Waals surface area contributed by atoms with E-state index in [1.165, 1.54) is 12.8 Å². The van der Waals surface area contributed by atoms with Crippen molar-refractivity contribution in [3.63, 3.8) is 0 Å². The molecule has 1 aliphatic heterocycles. The van der Waals surface area contributed by atoms with Crippen molar-refractivity contribution in [2.24, 2.45) is 5.92 Å². The second kappa shape index (κ2) is 7.09. The molecule has 0 aromatic carbocycles. The highest BCUT2D eigenvalue weighted by Gasteiger charge is 2.35. The van der Waals surface area contributed by atoms with Crippen LogP contribution >= 0.6 is 0 Å². The molecule has 3 rings (SSSR count). The van der Waals surface area contributed by atoms with Crippen LogP contribution in [0.2, 0.25) is 0 Å². The number of hydrogen-bond donors (Lipinski definition) is 1. The first-order valence-corrected chi connectivity index (χ1v) is 8.91. The SMILES string of the molecule is CC(C)(C)NC(=O)N1CCCC1c1nc(CCOCC2CC2)no1. The fraction of sp³-hybridized carbons (Fsp3) is 0.824. The molecular weight excluding hydrogens is 308 g/mol. The van der Waals surface area contributed by atoms with Gasteiger partial charge in [-0.2, -0.15) is 4.98 Å². The van der Waals surface area contributed by atoms with Gasteiger partial charge in [0.2, 0.25) is 5.89 Å². The van der Waals surface area contributed by atoms with Crippen molar-refractivity contribution in [3.05, 3.63) is 11.7 Å². The third-order valence-corrected chi connectivity index (χ3v) is 4.28. The predicted octanol–water partition coefficient (Wildman–Crippen LogP) is 2.68. The van der Waals surface area contributed by atoms with E-state index in [9.17, 15) is 4.79 Å². The first-order chi connectivity index (χ1) is 11.4. The predicted molar refractivity (Wildman–Crippen MR) is 88.5 cm³/mol. The molecule has 7 heteroatoms. The summed E-state index contributed by atoms with van der Waals surface area (Å²) in [6.45, 7) is 8.10. The van der Waals surface area contributed by atoms with Crippen LogP contribution in [0.25, 0.3) is 0 Å². The van der Waals surface area contributed by atoms with Crippen LogP contribution in [-0.2, 0) is 11.2 Å². The van der Waals surface area contributed by atoms with E-state index in [0.29, 0.717) is 24.7 Å². The van der Waals surface area contributed by atoms with Gasteiger partial charge in [-0.1, -0.05) is 5.16 Å². The van der Waals surface area contributed by atoms with Gasteiger partial charge in [0.15, 0.2) is 5.82 Å². The summed E-state index contributed by atoms with van der Waals surface area (Å²) in [6.07, 6.45) is 5.04. The van der Waals surface area contributed by atoms with Crippen LogP contribution in [0.4, 0.5) is 4.79 Å². The first kappa shape index (κ1) is 17.2. The summed E-state index contributed by atoms with van der Waals surface area (Å²) < 4.78 is 11.0. The Hall–Kier alpha value is -1.63. The molecule has 1 saturated heterocycles. The Morgan fingerprint density at radius 3 is 2.88 bits per heavy atom. The number of nitrogens with one attached hydrogen (secondary N) is 1. The van der Waals surface area contributed by atoms with E-state index in [1.807, 2.05) is 20.8 Å². The van der Waals surface area contributed by atoms with E-state index in [-0.39, 0.29) is 17.6 Å². The van der Waals surface area contributed by atoms with E-state index in [4.69, 9.17) is 9.26 Å². The molecule has 2 heterocycles. The Morgan fingerprint density at radius 1 is 1.38 bits per heavy atom. The zero-order chi connectivity index (χ0) is 17.2. The summed E-state index contributed by atoms with van der Waals surface area (Å²) in [4.78, 5) is 18.7. The Bertz CT molecular complexity index is 562. The minimum Gasteiger partial charge on any atom is -0.381 e. The van der Waals surface area contributed by atoms with Crippen molar-refractivity contribution in [2.75, 3.05) is 19.8 Å². The number of likely N-dealkylation sites (tertiary alicyclic amines) is 1. The first-order valence-electron chi connectivity index (χ1n) is 8.91. The van der Waals surface area contributed by atoms with Crippen LogP contribution in [0.1, 0.15) is 64.2 Å². The van der Waals surface area contributed by atoms with Gasteiger partial charge in [-0.3, -0.25) is 0 Å². The number of carbonyl (C=O) groups is 1. The normalized spacial score (nSPS) is 21.3. The molecule has 0 bridgehead atoms. The second-order valence-corrected chi connectivity index (χ2v) is 7.85. The molecule has 1 N–H and O–H groups in total. The lowest BCUT2D eigenvalue weighted by molar-refractivity contribution is 0.125. The highest BCUT2D eigenvalue weighted by atomic mass is 16.5. The molecule has 2 fully saturated rings. The number of rotatable bonds is 6. The summed E-state index contributed by atoms with van der Waals surface area (Å²) in [5, 5.41) is 7.04. The van der Waals surface area contributed by atoms with Crippen molar-refractivity contribution in [3.8, 4) is 0 Å². The van der Waals surface area contributed by atoms with Crippen molar-refractivity contribution in [2.45, 2.75) is 64.5 Å². The summed E-state index contributed by atoms with van der Waals surface area (Å²) in [5.74, 6) is 1.96. The Kier molecular flexibility index (Phi) is 5.08. The van der Waals surface area contributed by atoms with Crippen molar-refractivity contribution < 1.29 is 14.1 Å². The molecule has 0 radical (unpaired) electrons. The lowest BCUT2D eigenvalue weighted by Crippen LogP contribution is -2.48. The van der Waals surface area contributed by atoms with E-state index in [2.05, 4.69) is 15.5 Å². The van der Waals surface area contributed by atoms with Crippen LogP contribution < -0.4 is 5.32 Å². The lowest BCUT2D eigenvalue weighted by Gasteiger charge is -2.28. The number of aromatic nitrogens is 2. The molecule has 7 nitrogen and oxygen atoms in total. The van der Waals surface area contributed by atoms with Crippen molar-refractivity contribution in [1.82, 2.24) is 20.4 Å². The number of carbonyl (C=O) groups excluding carboxylic acids is 1. The summed E-state index contributed by atoms with van der Waals surface area (Å²) in [7, 11) is 0. The van der Waals surface area contributed by atoms with Gasteiger partial charge in [0.25, 0.3) is 0 Å². The number of ether oxygens (including phenoxy) is 1. The molecule has 1 saturated carbocycles. The Labute approximate surface area is 143 Å². The van der Waals surface area contributed by atoms with Gasteiger partial charge in [0.1, 0.15) is 6.04 Å². The monoisotopic (exact) mass is 336 g/mol. The van der Waals surface area contributed by atoms with Crippen LogP contribution in [0.15, 0.2) is 4.52 Å². The quantitative estimate of drug-likeness (QED) is 0.808. The van der Waals surface area contributed by atoms with Crippen LogP contribution in [0.5, 0.6) is 0 Å². The fourth-order valence-corrected chi connectivity index (χ4v) is 2.86. The molecule has 24 heavy (non-hydrogen) atoms. The molecular formula is C17H28N4O3. The minimum absolute atomic E-state index is 0.0717. The van der Waals surface area contributed by atoms with Gasteiger partial charge in [0.05, 0.1) is 6.61 Å². The van der Waals surface area contributed by atoms with Gasteiger partial charge in [-0.05, 0) is 52.4 Å². The average Bonchev–Trinajstić information content (AvgIpc) is 3.00. The van der Waals surface area contributed by atoms with Crippen LogP contribution in [-0.4, -0.2) is 46.4 Å². The largest absolute Gasteiger partial charge is 0.381 e. The van der Waals surface area contributed by atoms with Gasteiger partial charge >= 0.3 is 6.03 Å². The maximum atomic E-state index is 12.4. The fourth-order valence-electron chi connectivity index (χ4n) is 2.86. The average molecular weight is 336 g/mol. The van der Waals surface area contributed by atoms with Gasteiger partial charge < -0.3 is 19.5 Å². The smallest absolute Gasteiger partial charge is 0.318 e. The zero-order valence-corrected chi connectivity index (χ0v) is 14.9. The third kappa shape index (κ3) is 4.69. The molecule has 1 aromatic rings. The van der Waals surface area contributed by atoms with E-state index >= 15 is 0 Å². The van der Waals surface area contributed by atoms with Crippen molar-refractivity contribution in [1.29, 1.82) is 0 Å². The van der Waals surface area contributed by atoms with E-state index < -0.39 is 0 Å². The van der Waals surface area contributed by atoms with Gasteiger partial charge in [-0.15, -0.1) is 0 Å².